The number of carbonyl (C=O) groups excluding carboxylic acids is 1. The van der Waals surface area contributed by atoms with Crippen molar-refractivity contribution in [1.82, 2.24) is 20.2 Å². The van der Waals surface area contributed by atoms with E-state index in [2.05, 4.69) is 25.5 Å². The standard InChI is InChI=1S/C12H16N6O2/c1-12(2,3)20-11(19)16-10-14-5-7(6-15-10)8-4-9(13)18-17-8/h4-6H,1-3H3,(H3,13,17,18)(H,14,15,16,19). The lowest BCUT2D eigenvalue weighted by molar-refractivity contribution is 0.0634. The summed E-state index contributed by atoms with van der Waals surface area (Å²) in [6.45, 7) is 5.33. The number of amides is 1. The molecule has 0 aliphatic rings. The first-order chi connectivity index (χ1) is 9.33. The lowest BCUT2D eigenvalue weighted by Gasteiger charge is -2.19. The van der Waals surface area contributed by atoms with Gasteiger partial charge < -0.3 is 10.5 Å². The number of rotatable bonds is 2. The Bertz CT molecular complexity index is 599. The SMILES string of the molecule is CC(C)(C)OC(=O)Nc1ncc(-c2cc(N)n[nH]2)cn1. The Kier molecular flexibility index (Phi) is 3.55. The smallest absolute Gasteiger partial charge is 0.414 e. The predicted octanol–water partition coefficient (Wildman–Crippen LogP) is 1.80. The predicted molar refractivity (Wildman–Crippen MR) is 73.9 cm³/mol. The molecule has 0 bridgehead atoms. The number of carbonyl (C=O) groups is 1. The lowest BCUT2D eigenvalue weighted by atomic mass is 10.2. The van der Waals surface area contributed by atoms with Gasteiger partial charge in [0.25, 0.3) is 0 Å². The molecule has 0 aromatic carbocycles. The highest BCUT2D eigenvalue weighted by Gasteiger charge is 2.16. The minimum Gasteiger partial charge on any atom is -0.444 e. The van der Waals surface area contributed by atoms with Crippen molar-refractivity contribution in [2.24, 2.45) is 0 Å². The van der Waals surface area contributed by atoms with E-state index in [0.717, 1.165) is 0 Å². The molecule has 106 valence electrons. The van der Waals surface area contributed by atoms with Crippen LogP contribution in [0.4, 0.5) is 16.6 Å². The molecule has 0 atom stereocenters. The van der Waals surface area contributed by atoms with Crippen molar-refractivity contribution >= 4 is 17.9 Å². The Labute approximate surface area is 115 Å². The fourth-order valence-corrected chi connectivity index (χ4v) is 1.41. The van der Waals surface area contributed by atoms with E-state index in [-0.39, 0.29) is 5.95 Å². The van der Waals surface area contributed by atoms with Crippen molar-refractivity contribution in [3.05, 3.63) is 18.5 Å². The number of H-pyrrole nitrogens is 1. The van der Waals surface area contributed by atoms with Crippen molar-refractivity contribution in [2.45, 2.75) is 26.4 Å². The van der Waals surface area contributed by atoms with Gasteiger partial charge in [-0.15, -0.1) is 0 Å². The monoisotopic (exact) mass is 276 g/mol. The number of hydrogen-bond acceptors (Lipinski definition) is 6. The average molecular weight is 276 g/mol. The number of nitrogens with one attached hydrogen (secondary N) is 2. The van der Waals surface area contributed by atoms with Gasteiger partial charge in [-0.3, -0.25) is 10.4 Å². The van der Waals surface area contributed by atoms with Crippen LogP contribution < -0.4 is 11.1 Å². The highest BCUT2D eigenvalue weighted by atomic mass is 16.6. The van der Waals surface area contributed by atoms with Crippen LogP contribution in [0.25, 0.3) is 11.3 Å². The molecule has 20 heavy (non-hydrogen) atoms. The largest absolute Gasteiger partial charge is 0.444 e. The van der Waals surface area contributed by atoms with Crippen molar-refractivity contribution in [3.63, 3.8) is 0 Å². The van der Waals surface area contributed by atoms with Crippen molar-refractivity contribution < 1.29 is 9.53 Å². The fraction of sp³-hybridized carbons (Fsp3) is 0.333. The van der Waals surface area contributed by atoms with Gasteiger partial charge in [-0.05, 0) is 20.8 Å². The molecule has 8 heteroatoms. The number of hydrogen-bond donors (Lipinski definition) is 3. The molecule has 2 heterocycles. The van der Waals surface area contributed by atoms with Crippen molar-refractivity contribution in [3.8, 4) is 11.3 Å². The van der Waals surface area contributed by atoms with Crippen molar-refractivity contribution in [2.75, 3.05) is 11.1 Å². The van der Waals surface area contributed by atoms with Gasteiger partial charge >= 0.3 is 6.09 Å². The summed E-state index contributed by atoms with van der Waals surface area (Å²) < 4.78 is 5.10. The van der Waals surface area contributed by atoms with E-state index in [4.69, 9.17) is 10.5 Å². The zero-order chi connectivity index (χ0) is 14.8. The van der Waals surface area contributed by atoms with Crippen molar-refractivity contribution in [1.29, 1.82) is 0 Å². The molecular weight excluding hydrogens is 260 g/mol. The van der Waals surface area contributed by atoms with E-state index >= 15 is 0 Å². The number of nitrogens with two attached hydrogens (primary N) is 1. The number of aromatic nitrogens is 4. The third-order valence-corrected chi connectivity index (χ3v) is 2.17. The molecule has 0 saturated carbocycles. The molecule has 8 nitrogen and oxygen atoms in total. The summed E-state index contributed by atoms with van der Waals surface area (Å²) in [6.07, 6.45) is 2.50. The van der Waals surface area contributed by atoms with Crippen LogP contribution in [0.15, 0.2) is 18.5 Å². The molecule has 2 rings (SSSR count). The molecule has 2 aromatic heterocycles. The number of aromatic amines is 1. The van der Waals surface area contributed by atoms with Crippen LogP contribution in [0, 0.1) is 0 Å². The first-order valence-corrected chi connectivity index (χ1v) is 5.97. The molecule has 0 unspecified atom stereocenters. The molecule has 0 aliphatic carbocycles. The Balaban J connectivity index is 2.03. The molecule has 0 radical (unpaired) electrons. The van der Waals surface area contributed by atoms with E-state index in [1.165, 1.54) is 0 Å². The minimum atomic E-state index is -0.601. The number of nitrogen functional groups attached to an aromatic ring is 1. The Hall–Kier alpha value is -2.64. The van der Waals surface area contributed by atoms with E-state index in [9.17, 15) is 4.79 Å². The third-order valence-electron chi connectivity index (χ3n) is 2.17. The van der Waals surface area contributed by atoms with E-state index in [1.807, 2.05) is 0 Å². The summed E-state index contributed by atoms with van der Waals surface area (Å²) >= 11 is 0. The van der Waals surface area contributed by atoms with Crippen LogP contribution in [0.3, 0.4) is 0 Å². The maximum atomic E-state index is 11.5. The fourth-order valence-electron chi connectivity index (χ4n) is 1.41. The van der Waals surface area contributed by atoms with E-state index < -0.39 is 11.7 Å². The van der Waals surface area contributed by atoms with E-state index in [1.54, 1.807) is 39.2 Å². The molecular formula is C12H16N6O2. The van der Waals surface area contributed by atoms with E-state index in [0.29, 0.717) is 17.1 Å². The van der Waals surface area contributed by atoms with Gasteiger partial charge in [0.05, 0.1) is 5.69 Å². The average Bonchev–Trinajstić information content (AvgIpc) is 2.74. The minimum absolute atomic E-state index is 0.162. The number of ether oxygens (including phenoxy) is 1. The summed E-state index contributed by atoms with van der Waals surface area (Å²) in [5, 5.41) is 9.01. The first kappa shape index (κ1) is 13.8. The molecule has 1 amide bonds. The molecule has 0 fully saturated rings. The van der Waals surface area contributed by atoms with Crippen LogP contribution in [0.1, 0.15) is 20.8 Å². The van der Waals surface area contributed by atoms with Gasteiger partial charge in [-0.25, -0.2) is 14.8 Å². The highest BCUT2D eigenvalue weighted by molar-refractivity contribution is 5.82. The number of nitrogens with zero attached hydrogens (tertiary/aromatic N) is 3. The zero-order valence-corrected chi connectivity index (χ0v) is 11.5. The van der Waals surface area contributed by atoms with Crippen LogP contribution in [-0.4, -0.2) is 31.9 Å². The third kappa shape index (κ3) is 3.67. The number of anilines is 2. The van der Waals surface area contributed by atoms with Gasteiger partial charge in [0.15, 0.2) is 0 Å². The van der Waals surface area contributed by atoms with Gasteiger partial charge in [-0.2, -0.15) is 5.10 Å². The summed E-state index contributed by atoms with van der Waals surface area (Å²) in [7, 11) is 0. The Morgan fingerprint density at radius 2 is 2.00 bits per heavy atom. The highest BCUT2D eigenvalue weighted by Crippen LogP contribution is 2.17. The maximum Gasteiger partial charge on any atom is 0.414 e. The maximum absolute atomic E-state index is 11.5. The summed E-state index contributed by atoms with van der Waals surface area (Å²) in [4.78, 5) is 19.6. The second kappa shape index (κ2) is 5.16. The van der Waals surface area contributed by atoms with Gasteiger partial charge in [0, 0.05) is 24.0 Å². The summed E-state index contributed by atoms with van der Waals surface area (Å²) in [5.41, 5.74) is 6.35. The zero-order valence-electron chi connectivity index (χ0n) is 11.5. The molecule has 0 spiro atoms. The topological polar surface area (TPSA) is 119 Å². The summed E-state index contributed by atoms with van der Waals surface area (Å²) in [6, 6.07) is 1.67. The Morgan fingerprint density at radius 1 is 1.35 bits per heavy atom. The van der Waals surface area contributed by atoms with Crippen LogP contribution in [0.5, 0.6) is 0 Å². The molecule has 0 aliphatic heterocycles. The lowest BCUT2D eigenvalue weighted by Crippen LogP contribution is -2.27. The second-order valence-corrected chi connectivity index (χ2v) is 5.13. The molecule has 4 N–H and O–H groups in total. The normalized spacial score (nSPS) is 11.2. The van der Waals surface area contributed by atoms with Crippen LogP contribution in [0.2, 0.25) is 0 Å². The van der Waals surface area contributed by atoms with Crippen LogP contribution >= 0.6 is 0 Å². The quantitative estimate of drug-likeness (QED) is 0.769. The second-order valence-electron chi connectivity index (χ2n) is 5.13. The van der Waals surface area contributed by atoms with Gasteiger partial charge in [0.2, 0.25) is 5.95 Å². The summed E-state index contributed by atoms with van der Waals surface area (Å²) in [5.74, 6) is 0.548. The first-order valence-electron chi connectivity index (χ1n) is 5.97. The van der Waals surface area contributed by atoms with Gasteiger partial charge in [-0.1, -0.05) is 0 Å². The van der Waals surface area contributed by atoms with Gasteiger partial charge in [0.1, 0.15) is 11.4 Å². The molecule has 2 aromatic rings. The van der Waals surface area contributed by atoms with Crippen LogP contribution in [-0.2, 0) is 4.74 Å². The Morgan fingerprint density at radius 3 is 2.50 bits per heavy atom. The molecule has 0 saturated heterocycles.